The Morgan fingerprint density at radius 2 is 2.16 bits per heavy atom. The van der Waals surface area contributed by atoms with Gasteiger partial charge >= 0.3 is 0 Å². The maximum absolute atomic E-state index is 4.49. The van der Waals surface area contributed by atoms with Gasteiger partial charge in [0.25, 0.3) is 0 Å². The van der Waals surface area contributed by atoms with Gasteiger partial charge < -0.3 is 10.2 Å². The second-order valence-electron chi connectivity index (χ2n) is 5.76. The molecule has 1 aromatic heterocycles. The highest BCUT2D eigenvalue weighted by atomic mass is 15.2. The van der Waals surface area contributed by atoms with Crippen LogP contribution in [0.4, 0.5) is 5.82 Å². The molecule has 3 heteroatoms. The summed E-state index contributed by atoms with van der Waals surface area (Å²) in [7, 11) is 0. The first kappa shape index (κ1) is 14.3. The van der Waals surface area contributed by atoms with E-state index < -0.39 is 0 Å². The number of rotatable bonds is 5. The van der Waals surface area contributed by atoms with E-state index in [1.807, 2.05) is 6.20 Å². The molecule has 1 unspecified atom stereocenters. The van der Waals surface area contributed by atoms with Gasteiger partial charge in [-0.05, 0) is 63.3 Å². The molecule has 1 saturated heterocycles. The molecule has 1 aromatic rings. The van der Waals surface area contributed by atoms with Gasteiger partial charge in [-0.15, -0.1) is 0 Å². The number of anilines is 1. The normalized spacial score (nSPS) is 18.6. The first-order chi connectivity index (χ1) is 9.20. The average Bonchev–Trinajstić information content (AvgIpc) is 2.45. The first-order valence-corrected chi connectivity index (χ1v) is 7.61. The quantitative estimate of drug-likeness (QED) is 0.883. The minimum atomic E-state index is 0.646. The number of piperidine rings is 1. The molecule has 1 aliphatic heterocycles. The molecule has 106 valence electrons. The van der Waals surface area contributed by atoms with Gasteiger partial charge in [-0.1, -0.05) is 6.92 Å². The van der Waals surface area contributed by atoms with Gasteiger partial charge in [0, 0.05) is 25.3 Å². The summed E-state index contributed by atoms with van der Waals surface area (Å²) in [5, 5.41) is 3.63. The summed E-state index contributed by atoms with van der Waals surface area (Å²) in [6, 6.07) is 4.90. The Hall–Kier alpha value is -1.09. The second-order valence-corrected chi connectivity index (χ2v) is 5.76. The largest absolute Gasteiger partial charge is 0.357 e. The van der Waals surface area contributed by atoms with Gasteiger partial charge in [-0.2, -0.15) is 0 Å². The minimum Gasteiger partial charge on any atom is -0.357 e. The van der Waals surface area contributed by atoms with Crippen molar-refractivity contribution in [2.75, 3.05) is 24.5 Å². The van der Waals surface area contributed by atoms with E-state index in [1.54, 1.807) is 0 Å². The number of aryl methyl sites for hydroxylation is 1. The molecular formula is C16H27N3. The third-order valence-corrected chi connectivity index (χ3v) is 4.19. The molecule has 0 amide bonds. The lowest BCUT2D eigenvalue weighted by atomic mass is 9.90. The van der Waals surface area contributed by atoms with Crippen LogP contribution >= 0.6 is 0 Å². The number of nitrogens with one attached hydrogen (secondary N) is 1. The van der Waals surface area contributed by atoms with Crippen LogP contribution in [0.5, 0.6) is 0 Å². The molecule has 0 aliphatic carbocycles. The van der Waals surface area contributed by atoms with Crippen molar-refractivity contribution in [3.63, 3.8) is 0 Å². The monoisotopic (exact) mass is 261 g/mol. The highest BCUT2D eigenvalue weighted by molar-refractivity contribution is 5.40. The number of hydrogen-bond acceptors (Lipinski definition) is 3. The molecule has 1 fully saturated rings. The van der Waals surface area contributed by atoms with Crippen molar-refractivity contribution in [3.8, 4) is 0 Å². The Labute approximate surface area is 117 Å². The van der Waals surface area contributed by atoms with Crippen LogP contribution in [-0.4, -0.2) is 30.7 Å². The zero-order valence-corrected chi connectivity index (χ0v) is 12.5. The fourth-order valence-corrected chi connectivity index (χ4v) is 2.86. The highest BCUT2D eigenvalue weighted by Crippen LogP contribution is 2.24. The first-order valence-electron chi connectivity index (χ1n) is 7.61. The lowest BCUT2D eigenvalue weighted by Crippen LogP contribution is -2.42. The maximum atomic E-state index is 4.49. The molecule has 2 rings (SSSR count). The molecule has 0 bridgehead atoms. The summed E-state index contributed by atoms with van der Waals surface area (Å²) < 4.78 is 0. The van der Waals surface area contributed by atoms with Crippen molar-refractivity contribution in [3.05, 3.63) is 23.9 Å². The van der Waals surface area contributed by atoms with Gasteiger partial charge in [0.15, 0.2) is 0 Å². The second kappa shape index (κ2) is 6.90. The van der Waals surface area contributed by atoms with Gasteiger partial charge in [-0.3, -0.25) is 0 Å². The van der Waals surface area contributed by atoms with E-state index in [-0.39, 0.29) is 0 Å². The van der Waals surface area contributed by atoms with Crippen molar-refractivity contribution in [2.24, 2.45) is 5.92 Å². The minimum absolute atomic E-state index is 0.646. The lowest BCUT2D eigenvalue weighted by Gasteiger charge is -2.36. The predicted octanol–water partition coefficient (Wildman–Crippen LogP) is 2.99. The van der Waals surface area contributed by atoms with E-state index >= 15 is 0 Å². The molecule has 2 heterocycles. The molecule has 0 saturated carbocycles. The van der Waals surface area contributed by atoms with E-state index in [2.05, 4.69) is 48.1 Å². The Balaban J connectivity index is 1.85. The fourth-order valence-electron chi connectivity index (χ4n) is 2.86. The van der Waals surface area contributed by atoms with Gasteiger partial charge in [-0.25, -0.2) is 4.98 Å². The molecule has 0 aromatic carbocycles. The Morgan fingerprint density at radius 1 is 1.42 bits per heavy atom. The molecule has 0 radical (unpaired) electrons. The summed E-state index contributed by atoms with van der Waals surface area (Å²) in [4.78, 5) is 6.92. The van der Waals surface area contributed by atoms with Crippen molar-refractivity contribution in [2.45, 2.75) is 46.1 Å². The number of nitrogens with zero attached hydrogens (tertiary/aromatic N) is 2. The van der Waals surface area contributed by atoms with Crippen LogP contribution in [0.15, 0.2) is 18.3 Å². The van der Waals surface area contributed by atoms with Crippen molar-refractivity contribution >= 4 is 5.82 Å². The molecule has 19 heavy (non-hydrogen) atoms. The average molecular weight is 261 g/mol. The van der Waals surface area contributed by atoms with E-state index in [0.29, 0.717) is 6.04 Å². The third kappa shape index (κ3) is 3.93. The molecule has 3 nitrogen and oxygen atoms in total. The summed E-state index contributed by atoms with van der Waals surface area (Å²) >= 11 is 0. The van der Waals surface area contributed by atoms with E-state index in [0.717, 1.165) is 31.4 Å². The van der Waals surface area contributed by atoms with E-state index in [4.69, 9.17) is 0 Å². The zero-order valence-electron chi connectivity index (χ0n) is 12.5. The van der Waals surface area contributed by atoms with Crippen LogP contribution in [0.25, 0.3) is 0 Å². The Kier molecular flexibility index (Phi) is 5.20. The van der Waals surface area contributed by atoms with Crippen LogP contribution in [0.3, 0.4) is 0 Å². The van der Waals surface area contributed by atoms with Crippen molar-refractivity contribution in [1.82, 2.24) is 10.3 Å². The molecule has 0 spiro atoms. The maximum Gasteiger partial charge on any atom is 0.128 e. The highest BCUT2D eigenvalue weighted by Gasteiger charge is 2.23. The Bertz CT molecular complexity index is 383. The SMILES string of the molecule is CCCNC(C)C1CCN(c2cc(C)ccn2)CC1. The zero-order chi connectivity index (χ0) is 13.7. The smallest absolute Gasteiger partial charge is 0.128 e. The molecule has 1 N–H and O–H groups in total. The van der Waals surface area contributed by atoms with Crippen molar-refractivity contribution in [1.29, 1.82) is 0 Å². The summed E-state index contributed by atoms with van der Waals surface area (Å²) in [6.45, 7) is 10.1. The molecule has 1 atom stereocenters. The van der Waals surface area contributed by atoms with Crippen LogP contribution in [0.1, 0.15) is 38.7 Å². The van der Waals surface area contributed by atoms with Crippen LogP contribution < -0.4 is 10.2 Å². The standard InChI is InChI=1S/C16H27N3/c1-4-8-17-14(3)15-6-10-19(11-7-15)16-12-13(2)5-9-18-16/h5,9,12,14-15,17H,4,6-8,10-11H2,1-3H3. The topological polar surface area (TPSA) is 28.2 Å². The van der Waals surface area contributed by atoms with Crippen LogP contribution in [0.2, 0.25) is 0 Å². The Morgan fingerprint density at radius 3 is 2.79 bits per heavy atom. The molecular weight excluding hydrogens is 234 g/mol. The summed E-state index contributed by atoms with van der Waals surface area (Å²) in [5.41, 5.74) is 1.30. The van der Waals surface area contributed by atoms with Crippen LogP contribution in [0, 0.1) is 12.8 Å². The number of aromatic nitrogens is 1. The van der Waals surface area contributed by atoms with Gasteiger partial charge in [0.1, 0.15) is 5.82 Å². The molecule has 1 aliphatic rings. The lowest BCUT2D eigenvalue weighted by molar-refractivity contribution is 0.311. The van der Waals surface area contributed by atoms with Crippen LogP contribution in [-0.2, 0) is 0 Å². The van der Waals surface area contributed by atoms with E-state index in [1.165, 1.54) is 24.8 Å². The van der Waals surface area contributed by atoms with Gasteiger partial charge in [0.2, 0.25) is 0 Å². The fraction of sp³-hybridized carbons (Fsp3) is 0.688. The van der Waals surface area contributed by atoms with Gasteiger partial charge in [0.05, 0.1) is 0 Å². The van der Waals surface area contributed by atoms with Crippen molar-refractivity contribution < 1.29 is 0 Å². The predicted molar refractivity (Wildman–Crippen MR) is 81.7 cm³/mol. The number of pyridine rings is 1. The summed E-state index contributed by atoms with van der Waals surface area (Å²) in [6.07, 6.45) is 5.68. The third-order valence-electron chi connectivity index (χ3n) is 4.19. The number of hydrogen-bond donors (Lipinski definition) is 1. The summed E-state index contributed by atoms with van der Waals surface area (Å²) in [5.74, 6) is 1.96. The van der Waals surface area contributed by atoms with E-state index in [9.17, 15) is 0 Å².